The third-order valence-electron chi connectivity index (χ3n) is 3.83. The Balaban J connectivity index is 2.43. The smallest absolute Gasteiger partial charge is 0.318 e. The molecule has 0 spiro atoms. The summed E-state index contributed by atoms with van der Waals surface area (Å²) < 4.78 is 0. The molecule has 2 atom stereocenters. The van der Waals surface area contributed by atoms with E-state index in [4.69, 9.17) is 17.2 Å². The summed E-state index contributed by atoms with van der Waals surface area (Å²) in [6, 6.07) is -2.08. The number of aliphatic imine (C=N–C) groups is 2. The predicted octanol–water partition coefficient (Wildman–Crippen LogP) is -3.08. The van der Waals surface area contributed by atoms with Gasteiger partial charge in [-0.15, -0.1) is 0 Å². The summed E-state index contributed by atoms with van der Waals surface area (Å²) in [5, 5.41) is 6.89. The van der Waals surface area contributed by atoms with Gasteiger partial charge in [-0.1, -0.05) is 0 Å². The Labute approximate surface area is 162 Å². The second kappa shape index (κ2) is 10.8. The third kappa shape index (κ3) is 7.99. The lowest BCUT2D eigenvalue weighted by Crippen LogP contribution is -2.58. The van der Waals surface area contributed by atoms with Gasteiger partial charge in [0.1, 0.15) is 6.04 Å². The molecule has 0 aromatic carbocycles. The molecule has 0 aromatic rings. The Morgan fingerprint density at radius 1 is 1.39 bits per heavy atom. The number of primary amides is 1. The van der Waals surface area contributed by atoms with Gasteiger partial charge in [-0.25, -0.2) is 9.79 Å². The Morgan fingerprint density at radius 2 is 2.07 bits per heavy atom. The van der Waals surface area contributed by atoms with E-state index in [0.717, 1.165) is 0 Å². The van der Waals surface area contributed by atoms with Crippen LogP contribution < -0.4 is 33.2 Å². The van der Waals surface area contributed by atoms with E-state index in [-0.39, 0.29) is 36.7 Å². The van der Waals surface area contributed by atoms with Crippen LogP contribution in [0.15, 0.2) is 9.98 Å². The van der Waals surface area contributed by atoms with Crippen molar-refractivity contribution in [2.75, 3.05) is 20.1 Å². The van der Waals surface area contributed by atoms with Crippen molar-refractivity contribution in [2.45, 2.75) is 38.3 Å². The van der Waals surface area contributed by atoms with Gasteiger partial charge in [-0.05, 0) is 12.8 Å². The Bertz CT molecular complexity index is 676. The first kappa shape index (κ1) is 22.8. The van der Waals surface area contributed by atoms with Gasteiger partial charge in [0, 0.05) is 33.0 Å². The quantitative estimate of drug-likeness (QED) is 0.149. The first-order chi connectivity index (χ1) is 13.1. The van der Waals surface area contributed by atoms with Crippen LogP contribution in [-0.2, 0) is 14.4 Å². The summed E-state index contributed by atoms with van der Waals surface area (Å²) in [4.78, 5) is 55.2. The lowest BCUT2D eigenvalue weighted by molar-refractivity contribution is -0.138. The number of rotatable bonds is 7. The fraction of sp³-hybridized carbons (Fsp3) is 0.600. The van der Waals surface area contributed by atoms with E-state index in [2.05, 4.69) is 25.9 Å². The number of nitrogens with one attached hydrogen (secondary N) is 3. The first-order valence-corrected chi connectivity index (χ1v) is 8.60. The molecule has 5 amide bonds. The van der Waals surface area contributed by atoms with Crippen LogP contribution in [0.4, 0.5) is 4.79 Å². The highest BCUT2D eigenvalue weighted by molar-refractivity contribution is 6.07. The maximum absolute atomic E-state index is 12.4. The molecule has 0 saturated heterocycles. The summed E-state index contributed by atoms with van der Waals surface area (Å²) in [6.45, 7) is 1.68. The molecule has 156 valence electrons. The zero-order chi connectivity index (χ0) is 21.3. The van der Waals surface area contributed by atoms with Crippen molar-refractivity contribution in [1.29, 1.82) is 0 Å². The van der Waals surface area contributed by atoms with Crippen molar-refractivity contribution in [2.24, 2.45) is 27.2 Å². The molecule has 1 aliphatic heterocycles. The van der Waals surface area contributed by atoms with Crippen LogP contribution in [-0.4, -0.2) is 72.8 Å². The molecule has 0 aliphatic carbocycles. The van der Waals surface area contributed by atoms with Crippen LogP contribution in [0.2, 0.25) is 0 Å². The van der Waals surface area contributed by atoms with Gasteiger partial charge < -0.3 is 22.1 Å². The number of urea groups is 1. The van der Waals surface area contributed by atoms with E-state index in [1.165, 1.54) is 18.9 Å². The minimum Gasteiger partial charge on any atom is -0.370 e. The van der Waals surface area contributed by atoms with Crippen LogP contribution in [0.25, 0.3) is 0 Å². The maximum Gasteiger partial charge on any atom is 0.318 e. The molecule has 0 bridgehead atoms. The fourth-order valence-electron chi connectivity index (χ4n) is 2.40. The number of amides is 5. The van der Waals surface area contributed by atoms with E-state index < -0.39 is 24.0 Å². The number of nitrogens with two attached hydrogens (primary N) is 3. The Hall–Kier alpha value is -3.22. The highest BCUT2D eigenvalue weighted by atomic mass is 16.2. The summed E-state index contributed by atoms with van der Waals surface area (Å²) >= 11 is 0. The number of carbonyl (C=O) groups excluding carboxylic acids is 4. The Morgan fingerprint density at radius 3 is 2.64 bits per heavy atom. The molecule has 1 unspecified atom stereocenters. The monoisotopic (exact) mass is 397 g/mol. The van der Waals surface area contributed by atoms with Crippen molar-refractivity contribution in [3.8, 4) is 0 Å². The van der Waals surface area contributed by atoms with Gasteiger partial charge in [0.25, 0.3) is 5.91 Å². The molecule has 9 N–H and O–H groups in total. The van der Waals surface area contributed by atoms with Crippen LogP contribution in [0.3, 0.4) is 0 Å². The van der Waals surface area contributed by atoms with Crippen molar-refractivity contribution in [3.05, 3.63) is 0 Å². The molecule has 0 fully saturated rings. The van der Waals surface area contributed by atoms with Gasteiger partial charge in [0.05, 0.1) is 6.54 Å². The molecule has 28 heavy (non-hydrogen) atoms. The SMILES string of the molecule is CC(=O)NC(N)=NCCC[C@H](N)CC(=O)N(C)C1CN=C(NC(N)=O)NC1=O. The highest BCUT2D eigenvalue weighted by Crippen LogP contribution is 2.08. The average molecular weight is 397 g/mol. The van der Waals surface area contributed by atoms with Crippen molar-refractivity contribution in [1.82, 2.24) is 20.9 Å². The van der Waals surface area contributed by atoms with Gasteiger partial charge in [-0.2, -0.15) is 0 Å². The minimum absolute atomic E-state index is 0.00390. The normalized spacial score (nSPS) is 17.8. The van der Waals surface area contributed by atoms with E-state index in [0.29, 0.717) is 19.4 Å². The number of guanidine groups is 2. The molecule has 1 aliphatic rings. The lowest BCUT2D eigenvalue weighted by atomic mass is 10.1. The van der Waals surface area contributed by atoms with Crippen molar-refractivity contribution >= 4 is 35.7 Å². The summed E-state index contributed by atoms with van der Waals surface area (Å²) in [5.74, 6) is -1.11. The first-order valence-electron chi connectivity index (χ1n) is 8.60. The van der Waals surface area contributed by atoms with Gasteiger partial charge in [-0.3, -0.25) is 35.3 Å². The molecule has 1 heterocycles. The molecular formula is C15H27N9O4. The molecular weight excluding hydrogens is 370 g/mol. The van der Waals surface area contributed by atoms with Crippen molar-refractivity contribution < 1.29 is 19.2 Å². The van der Waals surface area contributed by atoms with Crippen LogP contribution in [0.1, 0.15) is 26.2 Å². The molecule has 13 heteroatoms. The number of nitrogens with zero attached hydrogens (tertiary/aromatic N) is 3. The number of hydrogen-bond acceptors (Lipinski definition) is 7. The number of carbonyl (C=O) groups is 4. The third-order valence-corrected chi connectivity index (χ3v) is 3.83. The zero-order valence-corrected chi connectivity index (χ0v) is 15.9. The second-order valence-corrected chi connectivity index (χ2v) is 6.24. The Kier molecular flexibility index (Phi) is 8.81. The van der Waals surface area contributed by atoms with E-state index >= 15 is 0 Å². The standard InChI is InChI=1S/C15H27N9O4/c1-8(25)21-13(17)19-5-3-4-9(16)6-11(26)24(2)10-7-20-15(22-12(10)27)23-14(18)28/h9-10H,3-7,16H2,1-2H3,(H3,17,19,21,25)(H4,18,20,22,23,27,28)/t9-,10?/m0/s1. The highest BCUT2D eigenvalue weighted by Gasteiger charge is 2.31. The van der Waals surface area contributed by atoms with Gasteiger partial charge in [0.2, 0.25) is 17.8 Å². The molecule has 0 saturated carbocycles. The zero-order valence-electron chi connectivity index (χ0n) is 15.9. The fourth-order valence-corrected chi connectivity index (χ4v) is 2.40. The maximum atomic E-state index is 12.4. The second-order valence-electron chi connectivity index (χ2n) is 6.24. The largest absolute Gasteiger partial charge is 0.370 e. The summed E-state index contributed by atoms with van der Waals surface area (Å²) in [6.07, 6.45) is 1.13. The van der Waals surface area contributed by atoms with Gasteiger partial charge in [0.15, 0.2) is 5.96 Å². The van der Waals surface area contributed by atoms with Crippen molar-refractivity contribution in [3.63, 3.8) is 0 Å². The van der Waals surface area contributed by atoms with Crippen LogP contribution in [0, 0.1) is 0 Å². The molecule has 13 nitrogen and oxygen atoms in total. The minimum atomic E-state index is -0.851. The summed E-state index contributed by atoms with van der Waals surface area (Å²) in [5.41, 5.74) is 16.4. The number of hydrogen-bond donors (Lipinski definition) is 6. The summed E-state index contributed by atoms with van der Waals surface area (Å²) in [7, 11) is 1.49. The van der Waals surface area contributed by atoms with Gasteiger partial charge >= 0.3 is 6.03 Å². The number of likely N-dealkylation sites (N-methyl/N-ethyl adjacent to an activating group) is 1. The van der Waals surface area contributed by atoms with E-state index in [1.54, 1.807) is 0 Å². The van der Waals surface area contributed by atoms with E-state index in [1.807, 2.05) is 0 Å². The predicted molar refractivity (Wildman–Crippen MR) is 102 cm³/mol. The molecule has 0 aromatic heterocycles. The molecule has 0 radical (unpaired) electrons. The molecule has 1 rings (SSSR count). The lowest BCUT2D eigenvalue weighted by Gasteiger charge is -2.30. The van der Waals surface area contributed by atoms with Crippen LogP contribution in [0.5, 0.6) is 0 Å². The van der Waals surface area contributed by atoms with E-state index in [9.17, 15) is 19.2 Å². The average Bonchev–Trinajstić information content (AvgIpc) is 2.57. The van der Waals surface area contributed by atoms with Crippen LogP contribution >= 0.6 is 0 Å². The topological polar surface area (TPSA) is 210 Å².